The number of ether oxygens (including phenoxy) is 1. The second-order valence-corrected chi connectivity index (χ2v) is 5.81. The summed E-state index contributed by atoms with van der Waals surface area (Å²) in [4.78, 5) is 11.6. The van der Waals surface area contributed by atoms with Gasteiger partial charge in [0.1, 0.15) is 5.75 Å². The molecule has 21 heavy (non-hydrogen) atoms. The Morgan fingerprint density at radius 1 is 1.43 bits per heavy atom. The van der Waals surface area contributed by atoms with Crippen LogP contribution in [-0.4, -0.2) is 25.1 Å². The number of carbonyl (C=O) groups excluding carboxylic acids is 1. The molecule has 1 aromatic carbocycles. The van der Waals surface area contributed by atoms with E-state index in [1.54, 1.807) is 0 Å². The van der Waals surface area contributed by atoms with E-state index < -0.39 is 0 Å². The van der Waals surface area contributed by atoms with Crippen molar-refractivity contribution in [2.24, 2.45) is 0 Å². The Bertz CT molecular complexity index is 475. The summed E-state index contributed by atoms with van der Waals surface area (Å²) in [6.45, 7) is 4.19. The largest absolute Gasteiger partial charge is 0.493 e. The Morgan fingerprint density at radius 2 is 2.24 bits per heavy atom. The van der Waals surface area contributed by atoms with Crippen LogP contribution in [0.1, 0.15) is 38.2 Å². The molecule has 5 heteroatoms. The quantitative estimate of drug-likeness (QED) is 0.690. The van der Waals surface area contributed by atoms with Crippen LogP contribution in [-0.2, 0) is 11.3 Å². The molecular weight excluding hydrogens is 288 g/mol. The van der Waals surface area contributed by atoms with Crippen LogP contribution in [0, 0.1) is 0 Å². The Balaban J connectivity index is 1.81. The Morgan fingerprint density at radius 3 is 2.95 bits per heavy atom. The normalized spacial score (nSPS) is 14.0. The van der Waals surface area contributed by atoms with Crippen molar-refractivity contribution in [2.75, 3.05) is 13.2 Å². The molecule has 0 aliphatic heterocycles. The summed E-state index contributed by atoms with van der Waals surface area (Å²) in [5, 5.41) is 6.98. The maximum absolute atomic E-state index is 11.6. The number of carbonyl (C=O) groups is 1. The fourth-order valence-corrected chi connectivity index (χ4v) is 2.20. The molecule has 1 aromatic rings. The molecule has 4 nitrogen and oxygen atoms in total. The minimum Gasteiger partial charge on any atom is -0.493 e. The Labute approximate surface area is 131 Å². The highest BCUT2D eigenvalue weighted by molar-refractivity contribution is 6.30. The minimum atomic E-state index is 0.0668. The number of hydrogen-bond acceptors (Lipinski definition) is 3. The predicted molar refractivity (Wildman–Crippen MR) is 84.7 cm³/mol. The maximum Gasteiger partial charge on any atom is 0.223 e. The van der Waals surface area contributed by atoms with E-state index in [1.807, 2.05) is 18.2 Å². The third-order valence-corrected chi connectivity index (χ3v) is 3.53. The van der Waals surface area contributed by atoms with Crippen LogP contribution in [0.3, 0.4) is 0 Å². The van der Waals surface area contributed by atoms with Gasteiger partial charge in [-0.2, -0.15) is 0 Å². The van der Waals surface area contributed by atoms with Crippen molar-refractivity contribution in [3.63, 3.8) is 0 Å². The molecule has 0 unspecified atom stereocenters. The van der Waals surface area contributed by atoms with Gasteiger partial charge in [-0.15, -0.1) is 0 Å². The number of halogens is 1. The summed E-state index contributed by atoms with van der Waals surface area (Å²) in [6, 6.07) is 5.99. The first-order valence-electron chi connectivity index (χ1n) is 7.60. The van der Waals surface area contributed by atoms with E-state index in [4.69, 9.17) is 16.3 Å². The summed E-state index contributed by atoms with van der Waals surface area (Å²) in [7, 11) is 0. The average Bonchev–Trinajstić information content (AvgIpc) is 3.25. The van der Waals surface area contributed by atoms with Gasteiger partial charge in [0.15, 0.2) is 0 Å². The Kier molecular flexibility index (Phi) is 6.33. The second kappa shape index (κ2) is 8.25. The number of rotatable bonds is 9. The van der Waals surface area contributed by atoms with E-state index in [-0.39, 0.29) is 5.91 Å². The fraction of sp³-hybridized carbons (Fsp3) is 0.562. The van der Waals surface area contributed by atoms with Crippen molar-refractivity contribution in [3.8, 4) is 5.75 Å². The highest BCUT2D eigenvalue weighted by atomic mass is 35.5. The summed E-state index contributed by atoms with van der Waals surface area (Å²) >= 11 is 6.03. The zero-order chi connectivity index (χ0) is 15.1. The molecule has 1 saturated carbocycles. The first-order chi connectivity index (χ1) is 10.2. The van der Waals surface area contributed by atoms with Crippen molar-refractivity contribution in [2.45, 2.75) is 45.2 Å². The summed E-state index contributed by atoms with van der Waals surface area (Å²) < 4.78 is 5.74. The van der Waals surface area contributed by atoms with Crippen LogP contribution >= 0.6 is 11.6 Å². The molecule has 0 atom stereocenters. The molecule has 1 fully saturated rings. The molecular formula is C16H23ClN2O2. The van der Waals surface area contributed by atoms with Crippen LogP contribution in [0.2, 0.25) is 5.02 Å². The summed E-state index contributed by atoms with van der Waals surface area (Å²) in [5.41, 5.74) is 1.03. The molecule has 0 spiro atoms. The van der Waals surface area contributed by atoms with Crippen LogP contribution in [0.5, 0.6) is 5.75 Å². The van der Waals surface area contributed by atoms with Gasteiger partial charge in [-0.1, -0.05) is 18.5 Å². The molecule has 0 saturated heterocycles. The molecule has 0 heterocycles. The van der Waals surface area contributed by atoms with Gasteiger partial charge in [0.05, 0.1) is 13.0 Å². The lowest BCUT2D eigenvalue weighted by Gasteiger charge is -2.12. The van der Waals surface area contributed by atoms with Gasteiger partial charge in [0, 0.05) is 23.2 Å². The first kappa shape index (κ1) is 16.1. The van der Waals surface area contributed by atoms with E-state index in [1.165, 1.54) is 0 Å². The standard InChI is InChI=1S/C16H23ClN2O2/c1-2-8-18-11-12-10-13(17)3-6-15(12)21-9-7-16(20)19-14-4-5-14/h3,6,10,14,18H,2,4-5,7-9,11H2,1H3,(H,19,20). The van der Waals surface area contributed by atoms with Crippen molar-refractivity contribution in [1.29, 1.82) is 0 Å². The number of benzene rings is 1. The van der Waals surface area contributed by atoms with Gasteiger partial charge >= 0.3 is 0 Å². The molecule has 1 aliphatic carbocycles. The highest BCUT2D eigenvalue weighted by Crippen LogP contribution is 2.23. The lowest BCUT2D eigenvalue weighted by Crippen LogP contribution is -2.26. The molecule has 1 amide bonds. The third kappa shape index (κ3) is 5.94. The van der Waals surface area contributed by atoms with E-state index in [2.05, 4.69) is 17.6 Å². The smallest absolute Gasteiger partial charge is 0.223 e. The number of hydrogen-bond donors (Lipinski definition) is 2. The average molecular weight is 311 g/mol. The van der Waals surface area contributed by atoms with Crippen LogP contribution in [0.15, 0.2) is 18.2 Å². The lowest BCUT2D eigenvalue weighted by molar-refractivity contribution is -0.121. The van der Waals surface area contributed by atoms with Crippen molar-refractivity contribution >= 4 is 17.5 Å². The van der Waals surface area contributed by atoms with Crippen molar-refractivity contribution in [1.82, 2.24) is 10.6 Å². The molecule has 2 N–H and O–H groups in total. The molecule has 0 radical (unpaired) electrons. The van der Waals surface area contributed by atoms with Crippen LogP contribution in [0.25, 0.3) is 0 Å². The Hall–Kier alpha value is -1.26. The predicted octanol–water partition coefficient (Wildman–Crippen LogP) is 2.89. The zero-order valence-electron chi connectivity index (χ0n) is 12.5. The zero-order valence-corrected chi connectivity index (χ0v) is 13.2. The molecule has 0 bridgehead atoms. The molecule has 116 valence electrons. The van der Waals surface area contributed by atoms with Gasteiger partial charge < -0.3 is 15.4 Å². The van der Waals surface area contributed by atoms with Gasteiger partial charge in [0.2, 0.25) is 5.91 Å². The van der Waals surface area contributed by atoms with Crippen molar-refractivity contribution < 1.29 is 9.53 Å². The van der Waals surface area contributed by atoms with E-state index in [0.29, 0.717) is 24.1 Å². The highest BCUT2D eigenvalue weighted by Gasteiger charge is 2.22. The maximum atomic E-state index is 11.6. The fourth-order valence-electron chi connectivity index (χ4n) is 2.01. The summed E-state index contributed by atoms with van der Waals surface area (Å²) in [6.07, 6.45) is 3.69. The first-order valence-corrected chi connectivity index (χ1v) is 7.98. The van der Waals surface area contributed by atoms with Gasteiger partial charge in [0.25, 0.3) is 0 Å². The topological polar surface area (TPSA) is 50.4 Å². The van der Waals surface area contributed by atoms with Gasteiger partial charge in [-0.05, 0) is 44.0 Å². The number of nitrogens with one attached hydrogen (secondary N) is 2. The molecule has 2 rings (SSSR count). The van der Waals surface area contributed by atoms with Crippen molar-refractivity contribution in [3.05, 3.63) is 28.8 Å². The lowest BCUT2D eigenvalue weighted by atomic mass is 10.2. The van der Waals surface area contributed by atoms with Crippen LogP contribution < -0.4 is 15.4 Å². The molecule has 1 aliphatic rings. The van der Waals surface area contributed by atoms with Crippen LogP contribution in [0.4, 0.5) is 0 Å². The van der Waals surface area contributed by atoms with E-state index >= 15 is 0 Å². The van der Waals surface area contributed by atoms with Gasteiger partial charge in [-0.25, -0.2) is 0 Å². The molecule has 0 aromatic heterocycles. The van der Waals surface area contributed by atoms with E-state index in [9.17, 15) is 4.79 Å². The second-order valence-electron chi connectivity index (χ2n) is 5.37. The minimum absolute atomic E-state index is 0.0668. The monoisotopic (exact) mass is 310 g/mol. The van der Waals surface area contributed by atoms with E-state index in [0.717, 1.165) is 43.7 Å². The third-order valence-electron chi connectivity index (χ3n) is 3.29. The SMILES string of the molecule is CCCNCc1cc(Cl)ccc1OCCC(=O)NC1CC1. The summed E-state index contributed by atoms with van der Waals surface area (Å²) in [5.74, 6) is 0.861. The van der Waals surface area contributed by atoms with Gasteiger partial charge in [-0.3, -0.25) is 4.79 Å². The number of amides is 1.